The van der Waals surface area contributed by atoms with E-state index < -0.39 is 17.5 Å². The number of hydrogen-bond acceptors (Lipinski definition) is 4. The van der Waals surface area contributed by atoms with Crippen LogP contribution in [0, 0.1) is 19.3 Å². The molecule has 0 saturated carbocycles. The molecule has 2 heterocycles. The van der Waals surface area contributed by atoms with E-state index in [1.807, 2.05) is 0 Å². The zero-order valence-electron chi connectivity index (χ0n) is 10.5. The predicted molar refractivity (Wildman–Crippen MR) is 66.2 cm³/mol. The van der Waals surface area contributed by atoms with Gasteiger partial charge >= 0.3 is 6.18 Å². The van der Waals surface area contributed by atoms with Crippen molar-refractivity contribution in [3.63, 3.8) is 0 Å². The van der Waals surface area contributed by atoms with Crippen LogP contribution in [0.1, 0.15) is 17.0 Å². The van der Waals surface area contributed by atoms with Crippen molar-refractivity contribution in [2.24, 2.45) is 5.41 Å². The highest BCUT2D eigenvalue weighted by molar-refractivity contribution is 7.15. The summed E-state index contributed by atoms with van der Waals surface area (Å²) in [6.07, 6.45) is -4.81. The van der Waals surface area contributed by atoms with E-state index in [2.05, 4.69) is 15.6 Å². The van der Waals surface area contributed by atoms with Gasteiger partial charge in [-0.15, -0.1) is 11.3 Å². The number of amides is 1. The predicted octanol–water partition coefficient (Wildman–Crippen LogP) is 2.24. The molecule has 0 aromatic carbocycles. The van der Waals surface area contributed by atoms with E-state index in [1.165, 1.54) is 11.3 Å². The molecule has 0 spiro atoms. The molecule has 1 aromatic heterocycles. The molecule has 1 saturated heterocycles. The Kier molecular flexibility index (Phi) is 3.57. The van der Waals surface area contributed by atoms with E-state index in [4.69, 9.17) is 0 Å². The molecule has 1 aliphatic heterocycles. The number of rotatable bonds is 2. The number of nitrogens with one attached hydrogen (secondary N) is 2. The quantitative estimate of drug-likeness (QED) is 0.879. The number of hydrogen-bond donors (Lipinski definition) is 2. The number of halogens is 3. The Hall–Kier alpha value is -1.15. The highest BCUT2D eigenvalue weighted by Gasteiger charge is 2.61. The van der Waals surface area contributed by atoms with Crippen LogP contribution in [-0.4, -0.2) is 30.2 Å². The number of carbonyl (C=O) groups is 1. The molecular weight excluding hydrogens is 279 g/mol. The Labute approximate surface area is 112 Å². The molecular formula is C11H14F3N3OS. The van der Waals surface area contributed by atoms with Gasteiger partial charge in [0.15, 0.2) is 10.5 Å². The fraction of sp³-hybridized carbons (Fsp3) is 0.636. The Balaban J connectivity index is 2.22. The van der Waals surface area contributed by atoms with Gasteiger partial charge in [0, 0.05) is 11.4 Å². The zero-order chi connectivity index (χ0) is 14.3. The summed E-state index contributed by atoms with van der Waals surface area (Å²) in [6.45, 7) is 3.35. The zero-order valence-corrected chi connectivity index (χ0v) is 11.3. The summed E-state index contributed by atoms with van der Waals surface area (Å²) in [5.41, 5.74) is -1.63. The lowest BCUT2D eigenvalue weighted by Crippen LogP contribution is -2.49. The molecule has 1 fully saturated rings. The molecule has 1 aliphatic rings. The fourth-order valence-electron chi connectivity index (χ4n) is 2.00. The van der Waals surface area contributed by atoms with Crippen LogP contribution in [0.4, 0.5) is 18.3 Å². The van der Waals surface area contributed by atoms with Crippen LogP contribution >= 0.6 is 11.3 Å². The van der Waals surface area contributed by atoms with Crippen LogP contribution in [0.15, 0.2) is 0 Å². The van der Waals surface area contributed by atoms with Gasteiger partial charge in [-0.3, -0.25) is 4.79 Å². The molecule has 106 valence electrons. The fourth-order valence-corrected chi connectivity index (χ4v) is 2.81. The highest BCUT2D eigenvalue weighted by atomic mass is 32.1. The average molecular weight is 293 g/mol. The summed E-state index contributed by atoms with van der Waals surface area (Å²) < 4.78 is 39.4. The number of anilines is 1. The molecule has 8 heteroatoms. The van der Waals surface area contributed by atoms with Crippen molar-refractivity contribution >= 4 is 22.4 Å². The molecule has 1 unspecified atom stereocenters. The minimum atomic E-state index is -4.57. The lowest BCUT2D eigenvalue weighted by Gasteiger charge is -2.28. The molecule has 4 nitrogen and oxygen atoms in total. The van der Waals surface area contributed by atoms with E-state index in [0.29, 0.717) is 5.69 Å². The first-order valence-corrected chi connectivity index (χ1v) is 6.61. The second-order valence-corrected chi connectivity index (χ2v) is 5.82. The largest absolute Gasteiger partial charge is 0.404 e. The molecule has 1 atom stereocenters. The maximum atomic E-state index is 13.1. The highest BCUT2D eigenvalue weighted by Crippen LogP contribution is 2.44. The molecule has 2 rings (SSSR count). The average Bonchev–Trinajstić information content (AvgIpc) is 2.86. The topological polar surface area (TPSA) is 54.0 Å². The first-order valence-electron chi connectivity index (χ1n) is 5.79. The van der Waals surface area contributed by atoms with Gasteiger partial charge in [-0.05, 0) is 26.8 Å². The van der Waals surface area contributed by atoms with E-state index in [0.717, 1.165) is 4.88 Å². The molecule has 0 radical (unpaired) electrons. The van der Waals surface area contributed by atoms with Crippen molar-refractivity contribution in [2.75, 3.05) is 18.4 Å². The molecule has 1 aromatic rings. The smallest absolute Gasteiger partial charge is 0.315 e. The molecule has 2 N–H and O–H groups in total. The molecule has 0 aliphatic carbocycles. The van der Waals surface area contributed by atoms with Crippen molar-refractivity contribution < 1.29 is 18.0 Å². The van der Waals surface area contributed by atoms with Crippen molar-refractivity contribution in [1.29, 1.82) is 0 Å². The minimum absolute atomic E-state index is 0.183. The van der Waals surface area contributed by atoms with Gasteiger partial charge in [0.25, 0.3) is 0 Å². The lowest BCUT2D eigenvalue weighted by atomic mass is 9.85. The van der Waals surface area contributed by atoms with Gasteiger partial charge in [0.1, 0.15) is 0 Å². The van der Waals surface area contributed by atoms with E-state index >= 15 is 0 Å². The van der Waals surface area contributed by atoms with Crippen LogP contribution < -0.4 is 10.6 Å². The van der Waals surface area contributed by atoms with Crippen molar-refractivity contribution in [3.05, 3.63) is 10.6 Å². The molecule has 0 bridgehead atoms. The Bertz CT molecular complexity index is 472. The normalized spacial score (nSPS) is 23.6. The summed E-state index contributed by atoms with van der Waals surface area (Å²) >= 11 is 1.18. The maximum Gasteiger partial charge on any atom is 0.404 e. The number of thiazole rings is 1. The minimum Gasteiger partial charge on any atom is -0.315 e. The third-order valence-corrected chi connectivity index (χ3v) is 4.37. The van der Waals surface area contributed by atoms with E-state index in [1.54, 1.807) is 13.8 Å². The van der Waals surface area contributed by atoms with Crippen LogP contribution in [0.25, 0.3) is 0 Å². The van der Waals surface area contributed by atoms with Gasteiger partial charge in [0.2, 0.25) is 5.91 Å². The van der Waals surface area contributed by atoms with Gasteiger partial charge < -0.3 is 10.6 Å². The number of carbonyl (C=O) groups excluding carboxylic acids is 1. The monoisotopic (exact) mass is 293 g/mol. The second kappa shape index (κ2) is 4.75. The first-order chi connectivity index (χ1) is 8.76. The van der Waals surface area contributed by atoms with Crippen molar-refractivity contribution in [2.45, 2.75) is 26.4 Å². The van der Waals surface area contributed by atoms with E-state index in [9.17, 15) is 18.0 Å². The van der Waals surface area contributed by atoms with Gasteiger partial charge in [-0.2, -0.15) is 13.2 Å². The molecule has 19 heavy (non-hydrogen) atoms. The van der Waals surface area contributed by atoms with Gasteiger partial charge in [0.05, 0.1) is 5.69 Å². The number of nitrogens with zero attached hydrogens (tertiary/aromatic N) is 1. The second-order valence-electron chi connectivity index (χ2n) is 4.62. The Morgan fingerprint density at radius 3 is 2.58 bits per heavy atom. The number of alkyl halides is 3. The van der Waals surface area contributed by atoms with Crippen LogP contribution in [0.2, 0.25) is 0 Å². The number of aromatic nitrogens is 1. The van der Waals surface area contributed by atoms with Crippen LogP contribution in [-0.2, 0) is 4.79 Å². The van der Waals surface area contributed by atoms with Crippen molar-refractivity contribution in [3.8, 4) is 0 Å². The summed E-state index contributed by atoms with van der Waals surface area (Å²) in [6, 6.07) is 0. The number of aryl methyl sites for hydroxylation is 2. The Morgan fingerprint density at radius 1 is 1.47 bits per heavy atom. The SMILES string of the molecule is Cc1nc(NC(=O)C2(C(F)(F)F)CCNC2)sc1C. The van der Waals surface area contributed by atoms with E-state index in [-0.39, 0.29) is 24.6 Å². The Morgan fingerprint density at radius 2 is 2.16 bits per heavy atom. The summed E-state index contributed by atoms with van der Waals surface area (Å²) in [5.74, 6) is -1.03. The summed E-state index contributed by atoms with van der Waals surface area (Å²) in [4.78, 5) is 16.9. The lowest BCUT2D eigenvalue weighted by molar-refractivity contribution is -0.213. The summed E-state index contributed by atoms with van der Waals surface area (Å²) in [5, 5.41) is 5.12. The standard InChI is InChI=1S/C11H14F3N3OS/c1-6-7(2)19-9(16-6)17-8(18)10(11(12,13)14)3-4-15-5-10/h15H,3-5H2,1-2H3,(H,16,17,18). The van der Waals surface area contributed by atoms with Crippen LogP contribution in [0.5, 0.6) is 0 Å². The van der Waals surface area contributed by atoms with Crippen molar-refractivity contribution in [1.82, 2.24) is 10.3 Å². The third-order valence-electron chi connectivity index (χ3n) is 3.38. The summed E-state index contributed by atoms with van der Waals surface area (Å²) in [7, 11) is 0. The van der Waals surface area contributed by atoms with Gasteiger partial charge in [-0.1, -0.05) is 0 Å². The third kappa shape index (κ3) is 2.46. The van der Waals surface area contributed by atoms with Gasteiger partial charge in [-0.25, -0.2) is 4.98 Å². The van der Waals surface area contributed by atoms with Crippen LogP contribution in [0.3, 0.4) is 0 Å². The maximum absolute atomic E-state index is 13.1. The molecule has 1 amide bonds. The first kappa shape index (κ1) is 14.3.